The zero-order valence-electron chi connectivity index (χ0n) is 9.89. The Hall–Kier alpha value is -1.39. The van der Waals surface area contributed by atoms with Crippen LogP contribution in [0.2, 0.25) is 0 Å². The molecular weight excluding hydrogens is 216 g/mol. The molecule has 1 amide bonds. The molecule has 1 aliphatic heterocycles. The van der Waals surface area contributed by atoms with E-state index in [1.165, 1.54) is 6.42 Å². The van der Waals surface area contributed by atoms with Gasteiger partial charge >= 0.3 is 0 Å². The molecule has 0 spiro atoms. The number of nitrogens with zero attached hydrogens (tertiary/aromatic N) is 1. The molecule has 0 bridgehead atoms. The molecule has 1 fully saturated rings. The van der Waals surface area contributed by atoms with Gasteiger partial charge in [-0.15, -0.1) is 0 Å². The average molecular weight is 234 g/mol. The number of hydrogen-bond donors (Lipinski definition) is 1. The molecular formula is C13H18N2O2. The second-order valence-corrected chi connectivity index (χ2v) is 4.36. The summed E-state index contributed by atoms with van der Waals surface area (Å²) < 4.78 is 0. The molecule has 0 atom stereocenters. The van der Waals surface area contributed by atoms with Gasteiger partial charge in [-0.05, 0) is 37.0 Å². The van der Waals surface area contributed by atoms with E-state index < -0.39 is 0 Å². The lowest BCUT2D eigenvalue weighted by Crippen LogP contribution is -2.35. The first-order chi connectivity index (χ1) is 8.31. The highest BCUT2D eigenvalue weighted by molar-refractivity contribution is 5.94. The van der Waals surface area contributed by atoms with Crippen molar-refractivity contribution in [2.45, 2.75) is 25.9 Å². The number of benzene rings is 1. The minimum absolute atomic E-state index is 0.130. The SMILES string of the molecule is NOCc1ccc(C(=O)N2CCCCC2)cc1. The molecule has 2 N–H and O–H groups in total. The molecule has 0 unspecified atom stereocenters. The second kappa shape index (κ2) is 5.80. The van der Waals surface area contributed by atoms with Crippen LogP contribution in [0.5, 0.6) is 0 Å². The fraction of sp³-hybridized carbons (Fsp3) is 0.462. The quantitative estimate of drug-likeness (QED) is 0.810. The van der Waals surface area contributed by atoms with Crippen LogP contribution < -0.4 is 5.90 Å². The van der Waals surface area contributed by atoms with E-state index in [-0.39, 0.29) is 5.91 Å². The van der Waals surface area contributed by atoms with Crippen LogP contribution in [-0.2, 0) is 11.4 Å². The standard InChI is InChI=1S/C13H18N2O2/c14-17-10-11-4-6-12(7-5-11)13(16)15-8-2-1-3-9-15/h4-7H,1-3,8-10,14H2. The van der Waals surface area contributed by atoms with Crippen molar-refractivity contribution in [1.82, 2.24) is 4.90 Å². The number of piperidine rings is 1. The fourth-order valence-electron chi connectivity index (χ4n) is 2.12. The zero-order valence-corrected chi connectivity index (χ0v) is 9.89. The Morgan fingerprint density at radius 1 is 1.18 bits per heavy atom. The molecule has 0 aromatic heterocycles. The summed E-state index contributed by atoms with van der Waals surface area (Å²) in [5, 5.41) is 0. The minimum Gasteiger partial charge on any atom is -0.339 e. The third-order valence-electron chi connectivity index (χ3n) is 3.09. The van der Waals surface area contributed by atoms with Crippen molar-refractivity contribution in [3.05, 3.63) is 35.4 Å². The summed E-state index contributed by atoms with van der Waals surface area (Å²) in [6, 6.07) is 7.44. The van der Waals surface area contributed by atoms with Crippen LogP contribution in [0.15, 0.2) is 24.3 Å². The van der Waals surface area contributed by atoms with Crippen molar-refractivity contribution < 1.29 is 9.63 Å². The number of amides is 1. The van der Waals surface area contributed by atoms with Gasteiger partial charge in [0, 0.05) is 18.7 Å². The minimum atomic E-state index is 0.130. The highest BCUT2D eigenvalue weighted by Crippen LogP contribution is 2.13. The van der Waals surface area contributed by atoms with Crippen LogP contribution >= 0.6 is 0 Å². The van der Waals surface area contributed by atoms with Crippen LogP contribution in [0.1, 0.15) is 35.2 Å². The van der Waals surface area contributed by atoms with Gasteiger partial charge in [-0.25, -0.2) is 5.90 Å². The second-order valence-electron chi connectivity index (χ2n) is 4.36. The van der Waals surface area contributed by atoms with E-state index in [1.54, 1.807) is 0 Å². The Labute approximate surface area is 101 Å². The van der Waals surface area contributed by atoms with Gasteiger partial charge in [0.1, 0.15) is 0 Å². The Morgan fingerprint density at radius 2 is 1.82 bits per heavy atom. The van der Waals surface area contributed by atoms with Crippen LogP contribution in [0, 0.1) is 0 Å². The maximum Gasteiger partial charge on any atom is 0.253 e. The van der Waals surface area contributed by atoms with Gasteiger partial charge in [-0.2, -0.15) is 0 Å². The highest BCUT2D eigenvalue weighted by Gasteiger charge is 2.17. The van der Waals surface area contributed by atoms with Gasteiger partial charge in [0.15, 0.2) is 0 Å². The molecule has 4 nitrogen and oxygen atoms in total. The smallest absolute Gasteiger partial charge is 0.253 e. The summed E-state index contributed by atoms with van der Waals surface area (Å²) in [6.45, 7) is 2.14. The summed E-state index contributed by atoms with van der Waals surface area (Å²) in [6.07, 6.45) is 3.46. The number of carbonyl (C=O) groups is 1. The lowest BCUT2D eigenvalue weighted by Gasteiger charge is -2.26. The molecule has 4 heteroatoms. The van der Waals surface area contributed by atoms with Gasteiger partial charge in [0.25, 0.3) is 5.91 Å². The van der Waals surface area contributed by atoms with Crippen molar-refractivity contribution in [1.29, 1.82) is 0 Å². The molecule has 0 aliphatic carbocycles. The Morgan fingerprint density at radius 3 is 2.41 bits per heavy atom. The van der Waals surface area contributed by atoms with Crippen molar-refractivity contribution in [3.63, 3.8) is 0 Å². The van der Waals surface area contributed by atoms with Gasteiger partial charge in [0.2, 0.25) is 0 Å². The Kier molecular flexibility index (Phi) is 4.12. The summed E-state index contributed by atoms with van der Waals surface area (Å²) in [7, 11) is 0. The predicted octanol–water partition coefficient (Wildman–Crippen LogP) is 1.70. The fourth-order valence-corrected chi connectivity index (χ4v) is 2.12. The summed E-state index contributed by atoms with van der Waals surface area (Å²) >= 11 is 0. The average Bonchev–Trinajstić information content (AvgIpc) is 2.40. The molecule has 0 saturated carbocycles. The third-order valence-corrected chi connectivity index (χ3v) is 3.09. The first kappa shape index (κ1) is 12.1. The first-order valence-corrected chi connectivity index (χ1v) is 6.01. The largest absolute Gasteiger partial charge is 0.339 e. The van der Waals surface area contributed by atoms with Gasteiger partial charge < -0.3 is 4.90 Å². The molecule has 1 aliphatic rings. The van der Waals surface area contributed by atoms with Crippen molar-refractivity contribution >= 4 is 5.91 Å². The third kappa shape index (κ3) is 3.05. The number of likely N-dealkylation sites (tertiary alicyclic amines) is 1. The molecule has 1 saturated heterocycles. The molecule has 1 heterocycles. The Balaban J connectivity index is 2.03. The Bertz CT molecular complexity index is 370. The van der Waals surface area contributed by atoms with E-state index >= 15 is 0 Å². The van der Waals surface area contributed by atoms with Crippen molar-refractivity contribution in [2.24, 2.45) is 5.90 Å². The molecule has 92 valence electrons. The van der Waals surface area contributed by atoms with E-state index in [9.17, 15) is 4.79 Å². The molecule has 2 rings (SSSR count). The molecule has 17 heavy (non-hydrogen) atoms. The van der Waals surface area contributed by atoms with Crippen molar-refractivity contribution in [3.8, 4) is 0 Å². The predicted molar refractivity (Wildman–Crippen MR) is 65.2 cm³/mol. The maximum atomic E-state index is 12.1. The number of nitrogens with two attached hydrogens (primary N) is 1. The number of hydrogen-bond acceptors (Lipinski definition) is 3. The van der Waals surface area contributed by atoms with Crippen LogP contribution in [-0.4, -0.2) is 23.9 Å². The van der Waals surface area contributed by atoms with E-state index in [0.29, 0.717) is 6.61 Å². The number of rotatable bonds is 3. The summed E-state index contributed by atoms with van der Waals surface area (Å²) in [5.74, 6) is 5.13. The summed E-state index contributed by atoms with van der Waals surface area (Å²) in [5.41, 5.74) is 1.72. The lowest BCUT2D eigenvalue weighted by atomic mass is 10.1. The van der Waals surface area contributed by atoms with Gasteiger partial charge in [0.05, 0.1) is 6.61 Å². The van der Waals surface area contributed by atoms with Crippen LogP contribution in [0.3, 0.4) is 0 Å². The van der Waals surface area contributed by atoms with E-state index in [1.807, 2.05) is 29.2 Å². The number of carbonyl (C=O) groups excluding carboxylic acids is 1. The van der Waals surface area contributed by atoms with Gasteiger partial charge in [-0.3, -0.25) is 9.63 Å². The topological polar surface area (TPSA) is 55.6 Å². The lowest BCUT2D eigenvalue weighted by molar-refractivity contribution is 0.0724. The zero-order chi connectivity index (χ0) is 12.1. The molecule has 1 aromatic carbocycles. The maximum absolute atomic E-state index is 12.1. The van der Waals surface area contributed by atoms with Crippen molar-refractivity contribution in [2.75, 3.05) is 13.1 Å². The first-order valence-electron chi connectivity index (χ1n) is 6.01. The molecule has 1 aromatic rings. The van der Waals surface area contributed by atoms with E-state index in [4.69, 9.17) is 5.90 Å². The van der Waals surface area contributed by atoms with E-state index in [0.717, 1.165) is 37.1 Å². The highest BCUT2D eigenvalue weighted by atomic mass is 16.6. The normalized spacial score (nSPS) is 15.9. The molecule has 0 radical (unpaired) electrons. The van der Waals surface area contributed by atoms with Crippen LogP contribution in [0.4, 0.5) is 0 Å². The monoisotopic (exact) mass is 234 g/mol. The van der Waals surface area contributed by atoms with Gasteiger partial charge in [-0.1, -0.05) is 12.1 Å². The summed E-state index contributed by atoms with van der Waals surface area (Å²) in [4.78, 5) is 18.6. The van der Waals surface area contributed by atoms with E-state index in [2.05, 4.69) is 4.84 Å². The van der Waals surface area contributed by atoms with Crippen LogP contribution in [0.25, 0.3) is 0 Å².